The van der Waals surface area contributed by atoms with Crippen LogP contribution < -0.4 is 9.80 Å². The SMILES string of the molecule is C=C1/C(C(C)/C=C(\C=C/C)N(C(/C=C\C)=C/C=C/c2cccc3ccccc23)c2ccc(-c3cccc4ccccc34)cc2)=C\C=C/CN(c2ccc3c(c2)sc2ccccc23)C/C=C\C=C/C1C. The average Bonchev–Trinajstić information content (AvgIpc) is 3.76. The molecule has 3 heteroatoms. The van der Waals surface area contributed by atoms with Crippen LogP contribution in [0, 0.1) is 11.8 Å². The second-order valence-electron chi connectivity index (χ2n) is 17.7. The van der Waals surface area contributed by atoms with Gasteiger partial charge >= 0.3 is 0 Å². The van der Waals surface area contributed by atoms with Crippen LogP contribution in [0.3, 0.4) is 0 Å². The summed E-state index contributed by atoms with van der Waals surface area (Å²) in [4.78, 5) is 4.82. The van der Waals surface area contributed by atoms with E-state index in [1.807, 2.05) is 11.3 Å². The molecule has 2 heterocycles. The number of fused-ring (bicyclic) bond motifs is 5. The average molecular weight is 913 g/mol. The molecule has 0 saturated carbocycles. The topological polar surface area (TPSA) is 6.48 Å². The Kier molecular flexibility index (Phi) is 14.7. The fourth-order valence-electron chi connectivity index (χ4n) is 9.44. The first-order valence-corrected chi connectivity index (χ1v) is 25.0. The standard InChI is InChI=1S/C66H60N2S/c1-6-22-55(31-20-29-52-28-19-27-51-25-10-12-33-60(51)52)68(56-40-38-54(39-41-56)62-36-21-30-53-26-11-13-34-61(53)62)58(23-7-2)46-49(4)59-32-16-18-45-67(44-17-8-9-24-48(3)50(59)5)57-42-43-64-63-35-14-15-37-65(63)69-66(64)47-57/h6-43,46-49H,5,44-45H2,1-4H3/b17-8-,18-16-,22-6-,23-7-,24-9-,29-20+,55-31+,58-46+,59-32-. The summed E-state index contributed by atoms with van der Waals surface area (Å²) in [6, 6.07) is 54.9. The lowest BCUT2D eigenvalue weighted by atomic mass is 9.86. The van der Waals surface area contributed by atoms with Gasteiger partial charge in [-0.3, -0.25) is 0 Å². The number of anilines is 2. The Morgan fingerprint density at radius 2 is 1.32 bits per heavy atom. The largest absolute Gasteiger partial charge is 0.364 e. The van der Waals surface area contributed by atoms with Crippen LogP contribution in [0.2, 0.25) is 0 Å². The number of thiophene rings is 1. The molecule has 0 amide bonds. The molecule has 9 rings (SSSR count). The molecule has 8 aromatic rings. The third-order valence-electron chi connectivity index (χ3n) is 13.1. The van der Waals surface area contributed by atoms with E-state index in [2.05, 4.69) is 280 Å². The van der Waals surface area contributed by atoms with Gasteiger partial charge in [-0.2, -0.15) is 0 Å². The van der Waals surface area contributed by atoms with Crippen LogP contribution in [-0.2, 0) is 0 Å². The van der Waals surface area contributed by atoms with Gasteiger partial charge in [-0.25, -0.2) is 0 Å². The number of rotatable bonds is 11. The Labute approximate surface area is 413 Å². The Bertz CT molecular complexity index is 3400. The summed E-state index contributed by atoms with van der Waals surface area (Å²) >= 11 is 1.87. The number of allylic oxidation sites excluding steroid dienone is 14. The minimum atomic E-state index is 0.0203. The molecule has 340 valence electrons. The van der Waals surface area contributed by atoms with Gasteiger partial charge in [0.25, 0.3) is 0 Å². The number of benzene rings is 7. The molecule has 0 saturated heterocycles. The molecule has 0 N–H and O–H groups in total. The van der Waals surface area contributed by atoms with E-state index >= 15 is 0 Å². The van der Waals surface area contributed by atoms with E-state index in [9.17, 15) is 0 Å². The van der Waals surface area contributed by atoms with Crippen molar-refractivity contribution in [3.63, 3.8) is 0 Å². The summed E-state index contributed by atoms with van der Waals surface area (Å²) in [7, 11) is 0. The van der Waals surface area contributed by atoms with Crippen molar-refractivity contribution < 1.29 is 0 Å². The molecule has 1 aliphatic heterocycles. The predicted octanol–water partition coefficient (Wildman–Crippen LogP) is 18.4. The number of nitrogens with zero attached hydrogens (tertiary/aromatic N) is 2. The zero-order chi connectivity index (χ0) is 47.5. The smallest absolute Gasteiger partial charge is 0.0461 e. The van der Waals surface area contributed by atoms with Gasteiger partial charge in [0.2, 0.25) is 0 Å². The van der Waals surface area contributed by atoms with Crippen molar-refractivity contribution in [2.75, 3.05) is 22.9 Å². The Morgan fingerprint density at radius 3 is 2.10 bits per heavy atom. The second-order valence-corrected chi connectivity index (χ2v) is 18.8. The highest BCUT2D eigenvalue weighted by molar-refractivity contribution is 7.25. The summed E-state index contributed by atoms with van der Waals surface area (Å²) in [5.41, 5.74) is 10.3. The molecule has 0 bridgehead atoms. The van der Waals surface area contributed by atoms with E-state index < -0.39 is 0 Å². The molecule has 1 aromatic heterocycles. The van der Waals surface area contributed by atoms with E-state index in [1.165, 1.54) is 69.7 Å². The van der Waals surface area contributed by atoms with Crippen LogP contribution in [-0.4, -0.2) is 13.1 Å². The minimum absolute atomic E-state index is 0.0203. The second kappa shape index (κ2) is 21.9. The van der Waals surface area contributed by atoms with Gasteiger partial charge in [0, 0.05) is 61.9 Å². The molecule has 0 spiro atoms. The van der Waals surface area contributed by atoms with Crippen molar-refractivity contribution in [2.24, 2.45) is 11.8 Å². The maximum absolute atomic E-state index is 4.75. The summed E-state index contributed by atoms with van der Waals surface area (Å²) < 4.78 is 2.64. The van der Waals surface area contributed by atoms with Gasteiger partial charge in [0.15, 0.2) is 0 Å². The highest BCUT2D eigenvalue weighted by Gasteiger charge is 2.20. The first kappa shape index (κ1) is 46.4. The molecule has 2 nitrogen and oxygen atoms in total. The van der Waals surface area contributed by atoms with Gasteiger partial charge in [-0.15, -0.1) is 11.3 Å². The first-order chi connectivity index (χ1) is 33.9. The molecule has 0 aliphatic carbocycles. The Balaban J connectivity index is 1.10. The van der Waals surface area contributed by atoms with Gasteiger partial charge in [0.05, 0.1) is 0 Å². The van der Waals surface area contributed by atoms with Crippen molar-refractivity contribution >= 4 is 70.5 Å². The fourth-order valence-corrected chi connectivity index (χ4v) is 10.6. The highest BCUT2D eigenvalue weighted by atomic mass is 32.1. The van der Waals surface area contributed by atoms with Crippen molar-refractivity contribution in [1.82, 2.24) is 0 Å². The van der Waals surface area contributed by atoms with E-state index in [0.29, 0.717) is 0 Å². The van der Waals surface area contributed by atoms with E-state index in [4.69, 9.17) is 6.58 Å². The van der Waals surface area contributed by atoms with Crippen LogP contribution in [0.1, 0.15) is 33.3 Å². The van der Waals surface area contributed by atoms with Crippen molar-refractivity contribution in [3.05, 3.63) is 271 Å². The van der Waals surface area contributed by atoms with E-state index in [0.717, 1.165) is 35.7 Å². The van der Waals surface area contributed by atoms with Crippen molar-refractivity contribution in [3.8, 4) is 11.1 Å². The first-order valence-electron chi connectivity index (χ1n) is 24.2. The maximum atomic E-state index is 4.75. The Morgan fingerprint density at radius 1 is 0.667 bits per heavy atom. The van der Waals surface area contributed by atoms with Crippen molar-refractivity contribution in [2.45, 2.75) is 27.7 Å². The molecular weight excluding hydrogens is 853 g/mol. The number of hydrogen-bond donors (Lipinski definition) is 0. The van der Waals surface area contributed by atoms with E-state index in [-0.39, 0.29) is 11.8 Å². The third kappa shape index (κ3) is 10.6. The molecule has 0 radical (unpaired) electrons. The quantitative estimate of drug-likeness (QED) is 0.119. The summed E-state index contributed by atoms with van der Waals surface area (Å²) in [6.07, 6.45) is 33.4. The molecule has 1 aliphatic rings. The van der Waals surface area contributed by atoms with Crippen LogP contribution in [0.25, 0.3) is 58.9 Å². The van der Waals surface area contributed by atoms with Gasteiger partial charge in [-0.05, 0) is 118 Å². The lowest BCUT2D eigenvalue weighted by molar-refractivity contribution is 0.788. The van der Waals surface area contributed by atoms with Crippen LogP contribution >= 0.6 is 11.3 Å². The van der Waals surface area contributed by atoms with Crippen LogP contribution in [0.15, 0.2) is 266 Å². The molecule has 2 unspecified atom stereocenters. The van der Waals surface area contributed by atoms with E-state index in [1.54, 1.807) is 0 Å². The zero-order valence-electron chi connectivity index (χ0n) is 40.2. The maximum Gasteiger partial charge on any atom is 0.0461 e. The lowest BCUT2D eigenvalue weighted by Gasteiger charge is -2.29. The van der Waals surface area contributed by atoms with Crippen molar-refractivity contribution in [1.29, 1.82) is 0 Å². The highest BCUT2D eigenvalue weighted by Crippen LogP contribution is 2.37. The van der Waals surface area contributed by atoms with Crippen LogP contribution in [0.5, 0.6) is 0 Å². The van der Waals surface area contributed by atoms with Gasteiger partial charge < -0.3 is 9.80 Å². The zero-order valence-corrected chi connectivity index (χ0v) is 41.0. The minimum Gasteiger partial charge on any atom is -0.364 e. The normalized spacial score (nSPS) is 18.1. The predicted molar refractivity (Wildman–Crippen MR) is 305 cm³/mol. The van der Waals surface area contributed by atoms with Gasteiger partial charge in [0.1, 0.15) is 0 Å². The van der Waals surface area contributed by atoms with Gasteiger partial charge in [-0.1, -0.05) is 215 Å². The lowest BCUT2D eigenvalue weighted by Crippen LogP contribution is -2.23. The fraction of sp³-hybridized carbons (Fsp3) is 0.121. The van der Waals surface area contributed by atoms with Crippen LogP contribution in [0.4, 0.5) is 11.4 Å². The molecular formula is C66H60N2S. The monoisotopic (exact) mass is 912 g/mol. The summed E-state index contributed by atoms with van der Waals surface area (Å²) in [6.45, 7) is 15.1. The summed E-state index contributed by atoms with van der Waals surface area (Å²) in [5, 5.41) is 7.60. The molecule has 69 heavy (non-hydrogen) atoms. The molecule has 2 atom stereocenters. The Hall–Kier alpha value is -7.72. The molecule has 0 fully saturated rings. The third-order valence-corrected chi connectivity index (χ3v) is 14.2. The molecule has 7 aromatic carbocycles. The summed E-state index contributed by atoms with van der Waals surface area (Å²) in [5.74, 6) is 0.157. The number of hydrogen-bond acceptors (Lipinski definition) is 3.